The standard InChI is InChI=1S/C17H15F2N3O3/c1-3-22-14-13(5-4-8-20-14)25-17(2,16(22)24)15(23)21-12-7-6-10(18)9-11(12)19/h4-9H,3H2,1-2H3,(H,21,23). The molecule has 0 saturated carbocycles. The summed E-state index contributed by atoms with van der Waals surface area (Å²) in [6.07, 6.45) is 1.51. The molecule has 0 radical (unpaired) electrons. The second-order valence-corrected chi connectivity index (χ2v) is 5.59. The maximum absolute atomic E-state index is 13.8. The van der Waals surface area contributed by atoms with Crippen LogP contribution in [0, 0.1) is 11.6 Å². The monoisotopic (exact) mass is 347 g/mol. The van der Waals surface area contributed by atoms with E-state index in [0.717, 1.165) is 12.1 Å². The lowest BCUT2D eigenvalue weighted by Gasteiger charge is -2.38. The highest BCUT2D eigenvalue weighted by Gasteiger charge is 2.51. The van der Waals surface area contributed by atoms with Crippen molar-refractivity contribution in [3.63, 3.8) is 0 Å². The van der Waals surface area contributed by atoms with Crippen LogP contribution in [0.5, 0.6) is 5.75 Å². The number of amides is 2. The normalized spacial score (nSPS) is 19.2. The summed E-state index contributed by atoms with van der Waals surface area (Å²) >= 11 is 0. The van der Waals surface area contributed by atoms with Gasteiger partial charge in [-0.2, -0.15) is 0 Å². The molecule has 1 aromatic carbocycles. The third-order valence-corrected chi connectivity index (χ3v) is 3.90. The highest BCUT2D eigenvalue weighted by Crippen LogP contribution is 2.36. The minimum Gasteiger partial charge on any atom is -0.464 e. The summed E-state index contributed by atoms with van der Waals surface area (Å²) in [7, 11) is 0. The van der Waals surface area contributed by atoms with Crippen LogP contribution < -0.4 is 15.0 Å². The van der Waals surface area contributed by atoms with E-state index in [4.69, 9.17) is 4.74 Å². The molecule has 1 aliphatic rings. The molecule has 0 saturated heterocycles. The van der Waals surface area contributed by atoms with Gasteiger partial charge in [-0.25, -0.2) is 13.8 Å². The summed E-state index contributed by atoms with van der Waals surface area (Å²) in [6.45, 7) is 3.31. The number of pyridine rings is 1. The SMILES string of the molecule is CCN1C(=O)C(C)(C(=O)Nc2ccc(F)cc2F)Oc2cccnc21. The predicted octanol–water partition coefficient (Wildman–Crippen LogP) is 2.50. The molecule has 6 nitrogen and oxygen atoms in total. The Morgan fingerprint density at radius 3 is 2.80 bits per heavy atom. The van der Waals surface area contributed by atoms with Crippen molar-refractivity contribution in [2.75, 3.05) is 16.8 Å². The van der Waals surface area contributed by atoms with E-state index in [1.165, 1.54) is 18.0 Å². The molecule has 2 aromatic rings. The Labute approximate surface area is 142 Å². The lowest BCUT2D eigenvalue weighted by Crippen LogP contribution is -2.61. The number of nitrogens with zero attached hydrogens (tertiary/aromatic N) is 2. The van der Waals surface area contributed by atoms with Crippen LogP contribution in [0.2, 0.25) is 0 Å². The van der Waals surface area contributed by atoms with Crippen LogP contribution in [0.15, 0.2) is 36.5 Å². The van der Waals surface area contributed by atoms with Gasteiger partial charge in [0.1, 0.15) is 11.6 Å². The van der Waals surface area contributed by atoms with Gasteiger partial charge in [0, 0.05) is 18.8 Å². The number of halogens is 2. The minimum atomic E-state index is -1.91. The van der Waals surface area contributed by atoms with E-state index in [-0.39, 0.29) is 18.0 Å². The van der Waals surface area contributed by atoms with Gasteiger partial charge in [0.05, 0.1) is 5.69 Å². The van der Waals surface area contributed by atoms with E-state index in [1.807, 2.05) is 0 Å². The molecule has 0 bridgehead atoms. The van der Waals surface area contributed by atoms with Crippen molar-refractivity contribution < 1.29 is 23.1 Å². The Hall–Kier alpha value is -3.03. The van der Waals surface area contributed by atoms with Crippen LogP contribution in [-0.4, -0.2) is 28.9 Å². The number of benzene rings is 1. The zero-order valence-corrected chi connectivity index (χ0v) is 13.5. The van der Waals surface area contributed by atoms with Gasteiger partial charge in [0.15, 0.2) is 11.6 Å². The molecule has 1 N–H and O–H groups in total. The van der Waals surface area contributed by atoms with Crippen LogP contribution in [0.3, 0.4) is 0 Å². The van der Waals surface area contributed by atoms with E-state index < -0.39 is 29.0 Å². The van der Waals surface area contributed by atoms with Gasteiger partial charge in [0.25, 0.3) is 17.4 Å². The molecule has 1 aliphatic heterocycles. The first-order chi connectivity index (χ1) is 11.9. The van der Waals surface area contributed by atoms with Crippen LogP contribution in [-0.2, 0) is 9.59 Å². The summed E-state index contributed by atoms with van der Waals surface area (Å²) < 4.78 is 32.4. The molecule has 2 amide bonds. The first-order valence-corrected chi connectivity index (χ1v) is 7.59. The number of hydrogen-bond donors (Lipinski definition) is 1. The van der Waals surface area contributed by atoms with E-state index in [0.29, 0.717) is 11.9 Å². The molecule has 0 spiro atoms. The molecule has 0 aliphatic carbocycles. The third-order valence-electron chi connectivity index (χ3n) is 3.90. The van der Waals surface area contributed by atoms with Crippen molar-refractivity contribution in [1.29, 1.82) is 0 Å². The van der Waals surface area contributed by atoms with E-state index in [2.05, 4.69) is 10.3 Å². The van der Waals surface area contributed by atoms with Gasteiger partial charge in [-0.15, -0.1) is 0 Å². The number of likely N-dealkylation sites (N-methyl/N-ethyl adjacent to an activating group) is 1. The molecule has 2 heterocycles. The molecule has 130 valence electrons. The number of rotatable bonds is 3. The number of ether oxygens (including phenoxy) is 1. The number of nitrogens with one attached hydrogen (secondary N) is 1. The number of anilines is 2. The molecule has 8 heteroatoms. The van der Waals surface area contributed by atoms with Gasteiger partial charge in [-0.1, -0.05) is 0 Å². The van der Waals surface area contributed by atoms with E-state index in [1.54, 1.807) is 19.1 Å². The fraction of sp³-hybridized carbons (Fsp3) is 0.235. The van der Waals surface area contributed by atoms with Crippen molar-refractivity contribution in [2.45, 2.75) is 19.4 Å². The van der Waals surface area contributed by atoms with Gasteiger partial charge >= 0.3 is 0 Å². The molecule has 1 aromatic heterocycles. The Balaban J connectivity index is 1.95. The largest absolute Gasteiger partial charge is 0.464 e. The molecular formula is C17H15F2N3O3. The Morgan fingerprint density at radius 2 is 2.12 bits per heavy atom. The minimum absolute atomic E-state index is 0.246. The first kappa shape index (κ1) is 16.8. The molecule has 3 rings (SSSR count). The number of fused-ring (bicyclic) bond motifs is 1. The van der Waals surface area contributed by atoms with Crippen molar-refractivity contribution in [3.8, 4) is 5.75 Å². The Morgan fingerprint density at radius 1 is 1.36 bits per heavy atom. The Kier molecular flexibility index (Phi) is 4.12. The summed E-state index contributed by atoms with van der Waals surface area (Å²) in [6, 6.07) is 5.91. The fourth-order valence-corrected chi connectivity index (χ4v) is 2.55. The predicted molar refractivity (Wildman–Crippen MR) is 86.3 cm³/mol. The van der Waals surface area contributed by atoms with Gasteiger partial charge in [0.2, 0.25) is 0 Å². The zero-order chi connectivity index (χ0) is 18.2. The molecule has 1 unspecified atom stereocenters. The van der Waals surface area contributed by atoms with Gasteiger partial charge in [-0.3, -0.25) is 14.5 Å². The van der Waals surface area contributed by atoms with Crippen molar-refractivity contribution in [1.82, 2.24) is 4.98 Å². The van der Waals surface area contributed by atoms with Crippen molar-refractivity contribution >= 4 is 23.3 Å². The number of carbonyl (C=O) groups excluding carboxylic acids is 2. The lowest BCUT2D eigenvalue weighted by atomic mass is 10.0. The van der Waals surface area contributed by atoms with Crippen molar-refractivity contribution in [3.05, 3.63) is 48.2 Å². The maximum Gasteiger partial charge on any atom is 0.282 e. The van der Waals surface area contributed by atoms with Crippen LogP contribution >= 0.6 is 0 Å². The zero-order valence-electron chi connectivity index (χ0n) is 13.5. The van der Waals surface area contributed by atoms with E-state index >= 15 is 0 Å². The number of aromatic nitrogens is 1. The van der Waals surface area contributed by atoms with Gasteiger partial charge in [-0.05, 0) is 38.1 Å². The maximum atomic E-state index is 13.8. The highest BCUT2D eigenvalue weighted by molar-refractivity contribution is 6.19. The quantitative estimate of drug-likeness (QED) is 0.866. The summed E-state index contributed by atoms with van der Waals surface area (Å²) in [5.41, 5.74) is -2.16. The topological polar surface area (TPSA) is 71.5 Å². The molecular weight excluding hydrogens is 332 g/mol. The highest BCUT2D eigenvalue weighted by atomic mass is 19.1. The molecule has 1 atom stereocenters. The second-order valence-electron chi connectivity index (χ2n) is 5.59. The lowest BCUT2D eigenvalue weighted by molar-refractivity contribution is -0.145. The second kappa shape index (κ2) is 6.12. The third kappa shape index (κ3) is 2.79. The molecule has 0 fully saturated rings. The number of carbonyl (C=O) groups is 2. The fourth-order valence-electron chi connectivity index (χ4n) is 2.55. The Bertz CT molecular complexity index is 859. The van der Waals surface area contributed by atoms with Crippen molar-refractivity contribution in [2.24, 2.45) is 0 Å². The smallest absolute Gasteiger partial charge is 0.282 e. The van der Waals surface area contributed by atoms with Gasteiger partial charge < -0.3 is 10.1 Å². The summed E-state index contributed by atoms with van der Waals surface area (Å²) in [5.74, 6) is -2.63. The number of hydrogen-bond acceptors (Lipinski definition) is 4. The first-order valence-electron chi connectivity index (χ1n) is 7.59. The molecule has 25 heavy (non-hydrogen) atoms. The van der Waals surface area contributed by atoms with Crippen LogP contribution in [0.4, 0.5) is 20.3 Å². The van der Waals surface area contributed by atoms with E-state index in [9.17, 15) is 18.4 Å². The van der Waals surface area contributed by atoms with Crippen LogP contribution in [0.25, 0.3) is 0 Å². The summed E-state index contributed by atoms with van der Waals surface area (Å²) in [4.78, 5) is 30.8. The summed E-state index contributed by atoms with van der Waals surface area (Å²) in [5, 5.41) is 2.28. The van der Waals surface area contributed by atoms with Crippen LogP contribution in [0.1, 0.15) is 13.8 Å². The average Bonchev–Trinajstić information content (AvgIpc) is 2.58. The average molecular weight is 347 g/mol.